The van der Waals surface area contributed by atoms with Crippen molar-refractivity contribution in [3.05, 3.63) is 36.0 Å². The number of aromatic nitrogens is 1. The number of nitrogens with two attached hydrogens (primary N) is 1. The summed E-state index contributed by atoms with van der Waals surface area (Å²) in [6, 6.07) is 7.76. The van der Waals surface area contributed by atoms with Crippen LogP contribution in [0.1, 0.15) is 5.56 Å². The Hall–Kier alpha value is -2.15. The minimum Gasteiger partial charge on any atom is -0.409 e. The fourth-order valence-electron chi connectivity index (χ4n) is 2.57. The number of rotatable bonds is 2. The topological polar surface area (TPSA) is 91.8 Å². The third-order valence-corrected chi connectivity index (χ3v) is 4.90. The van der Waals surface area contributed by atoms with E-state index in [0.717, 1.165) is 16.6 Å². The zero-order chi connectivity index (χ0) is 14.8. The summed E-state index contributed by atoms with van der Waals surface area (Å²) in [5.74, 6) is 1.30. The van der Waals surface area contributed by atoms with Crippen molar-refractivity contribution in [2.75, 3.05) is 29.5 Å². The molecule has 1 aliphatic rings. The molecule has 6 nitrogen and oxygen atoms in total. The highest BCUT2D eigenvalue weighted by Gasteiger charge is 2.22. The van der Waals surface area contributed by atoms with Crippen LogP contribution in [0.2, 0.25) is 0 Å². The number of amidine groups is 1. The Kier molecular flexibility index (Phi) is 3.74. The Labute approximate surface area is 124 Å². The molecule has 7 heteroatoms. The van der Waals surface area contributed by atoms with Gasteiger partial charge in [0.1, 0.15) is 0 Å². The first-order valence-corrected chi connectivity index (χ1v) is 8.15. The first kappa shape index (κ1) is 13.8. The van der Waals surface area contributed by atoms with Gasteiger partial charge in [-0.1, -0.05) is 23.4 Å². The summed E-state index contributed by atoms with van der Waals surface area (Å²) in [5, 5.41) is 13.0. The molecule has 0 aliphatic carbocycles. The van der Waals surface area contributed by atoms with Crippen LogP contribution >= 0.6 is 0 Å². The molecule has 2 aromatic rings. The van der Waals surface area contributed by atoms with Crippen molar-refractivity contribution >= 4 is 33.2 Å². The molecule has 21 heavy (non-hydrogen) atoms. The average Bonchev–Trinajstić information content (AvgIpc) is 2.54. The summed E-state index contributed by atoms with van der Waals surface area (Å²) in [4.78, 5) is 6.50. The van der Waals surface area contributed by atoms with E-state index < -0.39 is 10.8 Å². The quantitative estimate of drug-likeness (QED) is 0.372. The molecule has 2 heterocycles. The number of nitrogens with zero attached hydrogens (tertiary/aromatic N) is 3. The van der Waals surface area contributed by atoms with Crippen LogP contribution < -0.4 is 10.6 Å². The lowest BCUT2D eigenvalue weighted by Crippen LogP contribution is -2.39. The molecule has 0 saturated carbocycles. The number of fused-ring (bicyclic) bond motifs is 1. The molecule has 1 saturated heterocycles. The lowest BCUT2D eigenvalue weighted by molar-refractivity contribution is 0.318. The Balaban J connectivity index is 2.18. The third-order valence-electron chi connectivity index (χ3n) is 3.62. The largest absolute Gasteiger partial charge is 0.409 e. The molecule has 1 fully saturated rings. The summed E-state index contributed by atoms with van der Waals surface area (Å²) in [6.07, 6.45) is 1.62. The van der Waals surface area contributed by atoms with Crippen LogP contribution in [0, 0.1) is 0 Å². The fourth-order valence-corrected chi connectivity index (χ4v) is 3.62. The Bertz CT molecular complexity index is 722. The smallest absolute Gasteiger partial charge is 0.173 e. The summed E-state index contributed by atoms with van der Waals surface area (Å²) in [6.45, 7) is 1.37. The van der Waals surface area contributed by atoms with Gasteiger partial charge in [0.25, 0.3) is 0 Å². The van der Waals surface area contributed by atoms with Crippen molar-refractivity contribution in [1.29, 1.82) is 0 Å². The van der Waals surface area contributed by atoms with Crippen molar-refractivity contribution in [2.45, 2.75) is 0 Å². The maximum Gasteiger partial charge on any atom is 0.173 e. The molecular weight excluding hydrogens is 288 g/mol. The van der Waals surface area contributed by atoms with Crippen molar-refractivity contribution < 1.29 is 9.42 Å². The van der Waals surface area contributed by atoms with Crippen LogP contribution in [-0.2, 0) is 10.8 Å². The molecule has 110 valence electrons. The molecule has 0 bridgehead atoms. The second-order valence-corrected chi connectivity index (χ2v) is 6.55. The van der Waals surface area contributed by atoms with E-state index in [4.69, 9.17) is 10.9 Å². The van der Waals surface area contributed by atoms with Crippen LogP contribution in [0.5, 0.6) is 0 Å². The standard InChI is InChI=1S/C14H16N4O2S/c15-14(17-19)11-9-16-12-4-2-1-3-10(12)13(11)18-5-7-21(20)8-6-18/h1-4,9,19H,5-8H2,(H2,15,17). The predicted octanol–water partition coefficient (Wildman–Crippen LogP) is 0.898. The molecule has 0 atom stereocenters. The average molecular weight is 304 g/mol. The van der Waals surface area contributed by atoms with E-state index in [1.54, 1.807) is 6.20 Å². The van der Waals surface area contributed by atoms with Crippen molar-refractivity contribution in [3.8, 4) is 0 Å². The van der Waals surface area contributed by atoms with E-state index in [-0.39, 0.29) is 5.84 Å². The Morgan fingerprint density at radius 1 is 1.33 bits per heavy atom. The molecule has 1 aromatic carbocycles. The van der Waals surface area contributed by atoms with Crippen LogP contribution in [0.4, 0.5) is 5.69 Å². The SMILES string of the molecule is NC(=NO)c1cnc2ccccc2c1N1CCS(=O)CC1. The second-order valence-electron chi connectivity index (χ2n) is 4.86. The van der Waals surface area contributed by atoms with Crippen LogP contribution in [-0.4, -0.2) is 44.8 Å². The van der Waals surface area contributed by atoms with E-state index in [1.165, 1.54) is 0 Å². The molecule has 0 radical (unpaired) electrons. The lowest BCUT2D eigenvalue weighted by Gasteiger charge is -2.31. The van der Waals surface area contributed by atoms with Crippen LogP contribution in [0.15, 0.2) is 35.6 Å². The Morgan fingerprint density at radius 3 is 2.76 bits per heavy atom. The zero-order valence-electron chi connectivity index (χ0n) is 11.4. The first-order valence-electron chi connectivity index (χ1n) is 6.66. The number of anilines is 1. The van der Waals surface area contributed by atoms with Crippen molar-refractivity contribution in [1.82, 2.24) is 4.98 Å². The number of pyridine rings is 1. The second kappa shape index (κ2) is 5.69. The van der Waals surface area contributed by atoms with Gasteiger partial charge in [-0.25, -0.2) is 0 Å². The summed E-state index contributed by atoms with van der Waals surface area (Å²) in [7, 11) is -0.756. The third kappa shape index (κ3) is 2.56. The van der Waals surface area contributed by atoms with Crippen LogP contribution in [0.3, 0.4) is 0 Å². The maximum absolute atomic E-state index is 11.6. The number of oxime groups is 1. The molecule has 3 rings (SSSR count). The van der Waals surface area contributed by atoms with Crippen LogP contribution in [0.25, 0.3) is 10.9 Å². The number of hydrogen-bond donors (Lipinski definition) is 2. The fraction of sp³-hybridized carbons (Fsp3) is 0.286. The van der Waals surface area contributed by atoms with Gasteiger partial charge >= 0.3 is 0 Å². The normalized spacial score (nSPS) is 17.3. The molecule has 0 unspecified atom stereocenters. The molecule has 1 aliphatic heterocycles. The van der Waals surface area contributed by atoms with Gasteiger partial charge in [0.2, 0.25) is 0 Å². The van der Waals surface area contributed by atoms with E-state index in [0.29, 0.717) is 30.2 Å². The highest BCUT2D eigenvalue weighted by molar-refractivity contribution is 7.85. The summed E-state index contributed by atoms with van der Waals surface area (Å²) >= 11 is 0. The van der Waals surface area contributed by atoms with E-state index >= 15 is 0 Å². The molecule has 3 N–H and O–H groups in total. The number of hydrogen-bond acceptors (Lipinski definition) is 5. The van der Waals surface area contributed by atoms with Crippen molar-refractivity contribution in [3.63, 3.8) is 0 Å². The zero-order valence-corrected chi connectivity index (χ0v) is 12.2. The van der Waals surface area contributed by atoms with Gasteiger partial charge in [-0.3, -0.25) is 9.19 Å². The highest BCUT2D eigenvalue weighted by atomic mass is 32.2. The van der Waals surface area contributed by atoms with Gasteiger partial charge in [-0.15, -0.1) is 0 Å². The van der Waals surface area contributed by atoms with Crippen molar-refractivity contribution in [2.24, 2.45) is 10.9 Å². The van der Waals surface area contributed by atoms with Gasteiger partial charge in [0.05, 0.1) is 16.8 Å². The maximum atomic E-state index is 11.6. The first-order chi connectivity index (χ1) is 10.2. The van der Waals surface area contributed by atoms with E-state index in [9.17, 15) is 4.21 Å². The minimum absolute atomic E-state index is 0.0370. The number of benzene rings is 1. The minimum atomic E-state index is -0.756. The van der Waals surface area contributed by atoms with Gasteiger partial charge < -0.3 is 15.8 Å². The van der Waals surface area contributed by atoms with E-state index in [1.807, 2.05) is 24.3 Å². The van der Waals surface area contributed by atoms with Gasteiger partial charge in [0.15, 0.2) is 5.84 Å². The predicted molar refractivity (Wildman–Crippen MR) is 84.3 cm³/mol. The van der Waals surface area contributed by atoms with Gasteiger partial charge in [-0.05, 0) is 6.07 Å². The summed E-state index contributed by atoms with van der Waals surface area (Å²) < 4.78 is 11.6. The lowest BCUT2D eigenvalue weighted by atomic mass is 10.1. The van der Waals surface area contributed by atoms with E-state index in [2.05, 4.69) is 15.0 Å². The molecule has 1 aromatic heterocycles. The number of para-hydroxylation sites is 1. The monoisotopic (exact) mass is 304 g/mol. The Morgan fingerprint density at radius 2 is 2.05 bits per heavy atom. The van der Waals surface area contributed by atoms with Gasteiger partial charge in [0, 0.05) is 47.0 Å². The summed E-state index contributed by atoms with van der Waals surface area (Å²) in [5.41, 5.74) is 8.15. The molecule has 0 spiro atoms. The molecular formula is C14H16N4O2S. The van der Waals surface area contributed by atoms with Gasteiger partial charge in [-0.2, -0.15) is 0 Å². The molecule has 0 amide bonds. The highest BCUT2D eigenvalue weighted by Crippen LogP contribution is 2.30.